The molecule has 0 spiro atoms. The third-order valence-electron chi connectivity index (χ3n) is 4.75. The number of ether oxygens (including phenoxy) is 1. The summed E-state index contributed by atoms with van der Waals surface area (Å²) in [6.45, 7) is 6.85. The van der Waals surface area contributed by atoms with E-state index in [1.54, 1.807) is 0 Å². The number of hydrogen-bond acceptors (Lipinski definition) is 3. The summed E-state index contributed by atoms with van der Waals surface area (Å²) < 4.78 is 5.97. The highest BCUT2D eigenvalue weighted by Gasteiger charge is 2.19. The zero-order chi connectivity index (χ0) is 14.9. The van der Waals surface area contributed by atoms with Crippen LogP contribution in [0.25, 0.3) is 0 Å². The Labute approximate surface area is 141 Å². The number of halogens is 1. The van der Waals surface area contributed by atoms with Crippen LogP contribution in [-0.4, -0.2) is 49.7 Å². The monoisotopic (exact) mass is 332 g/mol. The SMILES string of the molecule is CC1CCCC(OCCCCCC(=O)N2CCNCC2)C1.Cl. The van der Waals surface area contributed by atoms with Gasteiger partial charge in [0.2, 0.25) is 5.91 Å². The first-order valence-corrected chi connectivity index (χ1v) is 8.86. The molecular weight excluding hydrogens is 300 g/mol. The molecule has 2 rings (SSSR count). The molecule has 0 radical (unpaired) electrons. The summed E-state index contributed by atoms with van der Waals surface area (Å²) in [6.07, 6.45) is 9.59. The van der Waals surface area contributed by atoms with Crippen molar-refractivity contribution in [3.8, 4) is 0 Å². The van der Waals surface area contributed by atoms with Crippen LogP contribution in [0, 0.1) is 5.92 Å². The van der Waals surface area contributed by atoms with E-state index in [9.17, 15) is 4.79 Å². The number of nitrogens with one attached hydrogen (secondary N) is 1. The Balaban J connectivity index is 0.00000242. The topological polar surface area (TPSA) is 41.6 Å². The molecule has 2 unspecified atom stereocenters. The number of unbranched alkanes of at least 4 members (excludes halogenated alkanes) is 2. The first-order valence-electron chi connectivity index (χ1n) is 8.86. The van der Waals surface area contributed by atoms with Gasteiger partial charge in [-0.1, -0.05) is 26.2 Å². The van der Waals surface area contributed by atoms with Gasteiger partial charge in [0.15, 0.2) is 0 Å². The number of carbonyl (C=O) groups is 1. The van der Waals surface area contributed by atoms with E-state index in [2.05, 4.69) is 12.2 Å². The molecular formula is C17H33ClN2O2. The Hall–Kier alpha value is -0.320. The van der Waals surface area contributed by atoms with Crippen LogP contribution in [0.15, 0.2) is 0 Å². The van der Waals surface area contributed by atoms with E-state index in [4.69, 9.17) is 4.74 Å². The average molecular weight is 333 g/mol. The van der Waals surface area contributed by atoms with Crippen LogP contribution in [0.4, 0.5) is 0 Å². The fraction of sp³-hybridized carbons (Fsp3) is 0.941. The van der Waals surface area contributed by atoms with Crippen molar-refractivity contribution in [2.24, 2.45) is 5.92 Å². The summed E-state index contributed by atoms with van der Waals surface area (Å²) in [4.78, 5) is 14.0. The minimum atomic E-state index is 0. The molecule has 1 N–H and O–H groups in total. The summed E-state index contributed by atoms with van der Waals surface area (Å²) in [7, 11) is 0. The summed E-state index contributed by atoms with van der Waals surface area (Å²) in [6, 6.07) is 0. The van der Waals surface area contributed by atoms with E-state index in [1.807, 2.05) is 4.90 Å². The number of piperazine rings is 1. The predicted molar refractivity (Wildman–Crippen MR) is 92.5 cm³/mol. The molecule has 2 aliphatic rings. The van der Waals surface area contributed by atoms with Gasteiger partial charge in [0.05, 0.1) is 6.10 Å². The molecule has 0 aromatic rings. The maximum Gasteiger partial charge on any atom is 0.222 e. The number of amides is 1. The van der Waals surface area contributed by atoms with Crippen LogP contribution >= 0.6 is 12.4 Å². The van der Waals surface area contributed by atoms with E-state index in [0.29, 0.717) is 18.4 Å². The smallest absolute Gasteiger partial charge is 0.222 e. The van der Waals surface area contributed by atoms with Crippen LogP contribution in [0.1, 0.15) is 58.3 Å². The second kappa shape index (κ2) is 11.3. The van der Waals surface area contributed by atoms with Gasteiger partial charge in [0, 0.05) is 39.2 Å². The maximum absolute atomic E-state index is 12.0. The minimum absolute atomic E-state index is 0. The highest BCUT2D eigenvalue weighted by Crippen LogP contribution is 2.25. The zero-order valence-corrected chi connectivity index (χ0v) is 14.8. The fourth-order valence-corrected chi connectivity index (χ4v) is 3.41. The van der Waals surface area contributed by atoms with Gasteiger partial charge in [0.1, 0.15) is 0 Å². The molecule has 0 aromatic carbocycles. The molecule has 22 heavy (non-hydrogen) atoms. The number of rotatable bonds is 7. The predicted octanol–water partition coefficient (Wildman–Crippen LogP) is 3.00. The lowest BCUT2D eigenvalue weighted by atomic mass is 9.89. The largest absolute Gasteiger partial charge is 0.378 e. The first kappa shape index (κ1) is 19.7. The second-order valence-electron chi connectivity index (χ2n) is 6.71. The van der Waals surface area contributed by atoms with E-state index in [-0.39, 0.29) is 12.4 Å². The van der Waals surface area contributed by atoms with Crippen molar-refractivity contribution in [3.05, 3.63) is 0 Å². The Bertz CT molecular complexity index is 309. The molecule has 5 heteroatoms. The van der Waals surface area contributed by atoms with Gasteiger partial charge in [-0.3, -0.25) is 4.79 Å². The van der Waals surface area contributed by atoms with Crippen molar-refractivity contribution in [2.45, 2.75) is 64.4 Å². The van der Waals surface area contributed by atoms with Crippen molar-refractivity contribution >= 4 is 18.3 Å². The van der Waals surface area contributed by atoms with E-state index >= 15 is 0 Å². The lowest BCUT2D eigenvalue weighted by molar-refractivity contribution is -0.131. The molecule has 2 fully saturated rings. The molecule has 0 bridgehead atoms. The van der Waals surface area contributed by atoms with Gasteiger partial charge in [-0.2, -0.15) is 0 Å². The van der Waals surface area contributed by atoms with Crippen LogP contribution in [0.5, 0.6) is 0 Å². The summed E-state index contributed by atoms with van der Waals surface area (Å²) >= 11 is 0. The van der Waals surface area contributed by atoms with Crippen LogP contribution in [0.3, 0.4) is 0 Å². The van der Waals surface area contributed by atoms with Crippen molar-refractivity contribution < 1.29 is 9.53 Å². The van der Waals surface area contributed by atoms with Crippen molar-refractivity contribution in [3.63, 3.8) is 0 Å². The molecule has 1 aliphatic heterocycles. The highest BCUT2D eigenvalue weighted by atomic mass is 35.5. The Morgan fingerprint density at radius 1 is 1.18 bits per heavy atom. The molecule has 2 atom stereocenters. The normalized spacial score (nSPS) is 25.6. The van der Waals surface area contributed by atoms with Crippen molar-refractivity contribution in [1.82, 2.24) is 10.2 Å². The number of hydrogen-bond donors (Lipinski definition) is 1. The second-order valence-corrected chi connectivity index (χ2v) is 6.71. The molecule has 1 aliphatic carbocycles. The van der Waals surface area contributed by atoms with Gasteiger partial charge < -0.3 is 15.0 Å². The Morgan fingerprint density at radius 2 is 1.95 bits per heavy atom. The van der Waals surface area contributed by atoms with Gasteiger partial charge >= 0.3 is 0 Å². The van der Waals surface area contributed by atoms with E-state index in [0.717, 1.165) is 58.0 Å². The quantitative estimate of drug-likeness (QED) is 0.729. The minimum Gasteiger partial charge on any atom is -0.378 e. The van der Waals surface area contributed by atoms with Gasteiger partial charge in [0.25, 0.3) is 0 Å². The molecule has 1 amide bonds. The molecule has 130 valence electrons. The van der Waals surface area contributed by atoms with E-state index in [1.165, 1.54) is 25.7 Å². The molecule has 0 aromatic heterocycles. The Morgan fingerprint density at radius 3 is 2.68 bits per heavy atom. The van der Waals surface area contributed by atoms with Crippen LogP contribution in [0.2, 0.25) is 0 Å². The summed E-state index contributed by atoms with van der Waals surface area (Å²) in [5, 5.41) is 3.28. The lowest BCUT2D eigenvalue weighted by Crippen LogP contribution is -2.46. The molecule has 1 saturated heterocycles. The van der Waals surface area contributed by atoms with Crippen molar-refractivity contribution in [2.75, 3.05) is 32.8 Å². The standard InChI is InChI=1S/C17H32N2O2.ClH/c1-15-6-5-7-16(14-15)21-13-4-2-3-8-17(20)19-11-9-18-10-12-19;/h15-16,18H,2-14H2,1H3;1H. The lowest BCUT2D eigenvalue weighted by Gasteiger charge is -2.27. The molecule has 1 heterocycles. The first-order chi connectivity index (χ1) is 10.3. The maximum atomic E-state index is 12.0. The summed E-state index contributed by atoms with van der Waals surface area (Å²) in [5.41, 5.74) is 0. The number of carbonyl (C=O) groups excluding carboxylic acids is 1. The zero-order valence-electron chi connectivity index (χ0n) is 14.0. The van der Waals surface area contributed by atoms with Crippen molar-refractivity contribution in [1.29, 1.82) is 0 Å². The summed E-state index contributed by atoms with van der Waals surface area (Å²) in [5.74, 6) is 1.17. The molecule has 4 nitrogen and oxygen atoms in total. The fourth-order valence-electron chi connectivity index (χ4n) is 3.41. The third kappa shape index (κ3) is 7.30. The van der Waals surface area contributed by atoms with Gasteiger partial charge in [-0.05, 0) is 31.6 Å². The van der Waals surface area contributed by atoms with Gasteiger partial charge in [-0.15, -0.1) is 12.4 Å². The van der Waals surface area contributed by atoms with E-state index < -0.39 is 0 Å². The van der Waals surface area contributed by atoms with Crippen LogP contribution < -0.4 is 5.32 Å². The third-order valence-corrected chi connectivity index (χ3v) is 4.75. The van der Waals surface area contributed by atoms with Gasteiger partial charge in [-0.25, -0.2) is 0 Å². The molecule has 1 saturated carbocycles. The van der Waals surface area contributed by atoms with Crippen LogP contribution in [-0.2, 0) is 9.53 Å². The average Bonchev–Trinajstić information content (AvgIpc) is 2.51. The Kier molecular flexibility index (Phi) is 10.1. The highest BCUT2D eigenvalue weighted by molar-refractivity contribution is 5.85. The number of nitrogens with zero attached hydrogens (tertiary/aromatic N) is 1.